The van der Waals surface area contributed by atoms with E-state index >= 15 is 0 Å². The van der Waals surface area contributed by atoms with E-state index in [1.54, 1.807) is 6.92 Å². The molecule has 1 N–H and O–H groups in total. The van der Waals surface area contributed by atoms with Crippen LogP contribution in [0.2, 0.25) is 0 Å². The predicted molar refractivity (Wildman–Crippen MR) is 69.2 cm³/mol. The highest BCUT2D eigenvalue weighted by molar-refractivity contribution is 5.91. The van der Waals surface area contributed by atoms with Crippen molar-refractivity contribution in [2.75, 3.05) is 27.7 Å². The molecule has 0 aromatic heterocycles. The molecule has 16 heavy (non-hydrogen) atoms. The van der Waals surface area contributed by atoms with Crippen LogP contribution in [0.4, 0.5) is 0 Å². The van der Waals surface area contributed by atoms with E-state index in [0.29, 0.717) is 5.57 Å². The molecular weight excluding hydrogens is 200 g/mol. The van der Waals surface area contributed by atoms with Gasteiger partial charge in [0.05, 0.1) is 26.7 Å². The van der Waals surface area contributed by atoms with Crippen LogP contribution in [0.3, 0.4) is 0 Å². The lowest BCUT2D eigenvalue weighted by atomic mass is 9.95. The molecule has 0 heterocycles. The largest absolute Gasteiger partial charge is 0.352 e. The molecule has 0 aliphatic carbocycles. The van der Waals surface area contributed by atoms with Crippen molar-refractivity contribution in [2.45, 2.75) is 39.2 Å². The molecule has 0 aromatic rings. The Labute approximate surface area is 100 Å². The van der Waals surface area contributed by atoms with Gasteiger partial charge in [-0.25, -0.2) is 0 Å². The summed E-state index contributed by atoms with van der Waals surface area (Å²) in [5, 5.41) is 2.86. The molecule has 0 bridgehead atoms. The number of nitrogens with one attached hydrogen (secondary N) is 1. The van der Waals surface area contributed by atoms with Crippen LogP contribution in [0.1, 0.15) is 33.6 Å². The normalized spacial score (nSPS) is 12.4. The van der Waals surface area contributed by atoms with Crippen molar-refractivity contribution in [2.24, 2.45) is 0 Å². The Balaban J connectivity index is 3.92. The molecule has 0 unspecified atom stereocenters. The van der Waals surface area contributed by atoms with Crippen molar-refractivity contribution in [3.05, 3.63) is 12.2 Å². The van der Waals surface area contributed by atoms with E-state index in [1.807, 2.05) is 0 Å². The number of hydrogen-bond acceptors (Lipinski definition) is 1. The Morgan fingerprint density at radius 2 is 1.81 bits per heavy atom. The molecule has 0 rings (SSSR count). The maximum absolute atomic E-state index is 11.2. The fraction of sp³-hybridized carbons (Fsp3) is 0.769. The molecule has 0 fully saturated rings. The zero-order chi connectivity index (χ0) is 13.0. The van der Waals surface area contributed by atoms with Crippen LogP contribution in [-0.2, 0) is 4.79 Å². The first-order chi connectivity index (χ1) is 7.08. The quantitative estimate of drug-likeness (QED) is 0.419. The smallest absolute Gasteiger partial charge is 0.246 e. The first kappa shape index (κ1) is 15.2. The van der Waals surface area contributed by atoms with Gasteiger partial charge in [0.1, 0.15) is 0 Å². The van der Waals surface area contributed by atoms with Gasteiger partial charge in [0.15, 0.2) is 0 Å². The molecule has 3 heteroatoms. The molecule has 0 saturated carbocycles. The van der Waals surface area contributed by atoms with Crippen LogP contribution >= 0.6 is 0 Å². The summed E-state index contributed by atoms with van der Waals surface area (Å²) >= 11 is 0. The van der Waals surface area contributed by atoms with Gasteiger partial charge in [-0.1, -0.05) is 6.58 Å². The average Bonchev–Trinajstić information content (AvgIpc) is 2.09. The molecular formula is C13H27N2O+. The van der Waals surface area contributed by atoms with Gasteiger partial charge in [-0.05, 0) is 27.2 Å². The Hall–Kier alpha value is -0.830. The summed E-state index contributed by atoms with van der Waals surface area (Å²) in [7, 11) is 6.60. The highest BCUT2D eigenvalue weighted by atomic mass is 16.1. The summed E-state index contributed by atoms with van der Waals surface area (Å²) in [5.74, 6) is -0.0388. The van der Waals surface area contributed by atoms with Gasteiger partial charge in [-0.3, -0.25) is 4.79 Å². The second-order valence-electron chi connectivity index (χ2n) is 5.96. The van der Waals surface area contributed by atoms with Crippen molar-refractivity contribution < 1.29 is 9.28 Å². The van der Waals surface area contributed by atoms with Crippen LogP contribution < -0.4 is 5.32 Å². The van der Waals surface area contributed by atoms with Gasteiger partial charge in [-0.2, -0.15) is 0 Å². The van der Waals surface area contributed by atoms with E-state index in [9.17, 15) is 4.79 Å². The lowest BCUT2D eigenvalue weighted by Crippen LogP contribution is -2.53. The monoisotopic (exact) mass is 227 g/mol. The summed E-state index contributed by atoms with van der Waals surface area (Å²) in [6.07, 6.45) is 2.09. The van der Waals surface area contributed by atoms with E-state index in [0.717, 1.165) is 23.9 Å². The third-order valence-corrected chi connectivity index (χ3v) is 3.45. The van der Waals surface area contributed by atoms with E-state index in [4.69, 9.17) is 0 Å². The Bertz CT molecular complexity index is 262. The molecule has 0 aliphatic heterocycles. The number of carbonyl (C=O) groups is 1. The predicted octanol–water partition coefficient (Wildman–Crippen LogP) is 1.94. The fourth-order valence-corrected chi connectivity index (χ4v) is 1.21. The lowest BCUT2D eigenvalue weighted by Gasteiger charge is -2.41. The van der Waals surface area contributed by atoms with Crippen LogP contribution in [-0.4, -0.2) is 43.6 Å². The summed E-state index contributed by atoms with van der Waals surface area (Å²) < 4.78 is 0.932. The standard InChI is InChI=1S/C13H26N2O/c1-11(2)12(16)14-10-8-9-13(3,4)15(5,6)7/h1,8-10H2,2-7H3/p+1. The average molecular weight is 227 g/mol. The molecule has 0 radical (unpaired) electrons. The molecule has 0 aromatic carbocycles. The van der Waals surface area contributed by atoms with Gasteiger partial charge in [0.2, 0.25) is 5.91 Å². The molecule has 3 nitrogen and oxygen atoms in total. The van der Waals surface area contributed by atoms with Crippen LogP contribution in [0.25, 0.3) is 0 Å². The number of carbonyl (C=O) groups excluding carboxylic acids is 1. The van der Waals surface area contributed by atoms with Gasteiger partial charge >= 0.3 is 0 Å². The number of amides is 1. The summed E-state index contributed by atoms with van der Waals surface area (Å²) in [6, 6.07) is 0. The minimum absolute atomic E-state index is 0.0388. The molecule has 0 atom stereocenters. The molecule has 0 spiro atoms. The number of quaternary nitrogens is 1. The Morgan fingerprint density at radius 3 is 2.19 bits per heavy atom. The zero-order valence-electron chi connectivity index (χ0n) is 11.7. The summed E-state index contributed by atoms with van der Waals surface area (Å²) in [6.45, 7) is 10.6. The maximum Gasteiger partial charge on any atom is 0.246 e. The minimum atomic E-state index is -0.0388. The maximum atomic E-state index is 11.2. The first-order valence-corrected chi connectivity index (χ1v) is 5.83. The minimum Gasteiger partial charge on any atom is -0.352 e. The number of hydrogen-bond donors (Lipinski definition) is 1. The Morgan fingerprint density at radius 1 is 1.31 bits per heavy atom. The molecule has 0 saturated heterocycles. The number of rotatable bonds is 6. The second kappa shape index (κ2) is 5.48. The third kappa shape index (κ3) is 4.79. The second-order valence-corrected chi connectivity index (χ2v) is 5.96. The zero-order valence-corrected chi connectivity index (χ0v) is 11.7. The summed E-state index contributed by atoms with van der Waals surface area (Å²) in [5.41, 5.74) is 0.805. The third-order valence-electron chi connectivity index (χ3n) is 3.45. The molecule has 0 aliphatic rings. The van der Waals surface area contributed by atoms with Crippen molar-refractivity contribution in [3.63, 3.8) is 0 Å². The topological polar surface area (TPSA) is 29.1 Å². The SMILES string of the molecule is C=C(C)C(=O)NCCCC(C)(C)[N+](C)(C)C. The highest BCUT2D eigenvalue weighted by Crippen LogP contribution is 2.22. The number of nitrogens with zero attached hydrogens (tertiary/aromatic N) is 1. The van der Waals surface area contributed by atoms with Crippen molar-refractivity contribution in [1.29, 1.82) is 0 Å². The van der Waals surface area contributed by atoms with Crippen LogP contribution in [0.5, 0.6) is 0 Å². The first-order valence-electron chi connectivity index (χ1n) is 5.83. The van der Waals surface area contributed by atoms with Gasteiger partial charge in [0, 0.05) is 18.5 Å². The van der Waals surface area contributed by atoms with Crippen molar-refractivity contribution in [1.82, 2.24) is 5.32 Å². The van der Waals surface area contributed by atoms with Crippen LogP contribution in [0.15, 0.2) is 12.2 Å². The van der Waals surface area contributed by atoms with E-state index in [2.05, 4.69) is 46.9 Å². The molecule has 94 valence electrons. The lowest BCUT2D eigenvalue weighted by molar-refractivity contribution is -0.920. The fourth-order valence-electron chi connectivity index (χ4n) is 1.21. The van der Waals surface area contributed by atoms with E-state index < -0.39 is 0 Å². The molecule has 1 amide bonds. The van der Waals surface area contributed by atoms with E-state index in [1.165, 1.54) is 0 Å². The van der Waals surface area contributed by atoms with E-state index in [-0.39, 0.29) is 11.4 Å². The Kier molecular flexibility index (Phi) is 5.20. The van der Waals surface area contributed by atoms with Gasteiger partial charge < -0.3 is 9.80 Å². The summed E-state index contributed by atoms with van der Waals surface area (Å²) in [4.78, 5) is 11.2. The van der Waals surface area contributed by atoms with Crippen molar-refractivity contribution >= 4 is 5.91 Å². The van der Waals surface area contributed by atoms with Crippen LogP contribution in [0, 0.1) is 0 Å². The highest BCUT2D eigenvalue weighted by Gasteiger charge is 2.31. The van der Waals surface area contributed by atoms with Gasteiger partial charge in [0.25, 0.3) is 0 Å². The van der Waals surface area contributed by atoms with Crippen molar-refractivity contribution in [3.8, 4) is 0 Å². The van der Waals surface area contributed by atoms with Gasteiger partial charge in [-0.15, -0.1) is 0 Å².